The standard InChI is InChI=1S/C36H38O5/c37-22-32-21-33(27-38-23-28-13-5-1-6-14-28)35(40-25-30-17-9-3-10-18-30)36(41-26-31-19-11-4-12-20-31)34(32)39-24-29-15-7-2-8-16-29/h1-20,22,32-36H,21,23-27H2/t32-,33+,34-,35+,36+/m0/s1. The average Bonchev–Trinajstić information content (AvgIpc) is 3.04. The van der Waals surface area contributed by atoms with Crippen LogP contribution in [0, 0.1) is 11.8 Å². The lowest BCUT2D eigenvalue weighted by molar-refractivity contribution is -0.208. The van der Waals surface area contributed by atoms with E-state index in [2.05, 4.69) is 24.3 Å². The molecule has 0 aromatic heterocycles. The van der Waals surface area contributed by atoms with Gasteiger partial charge < -0.3 is 23.7 Å². The highest BCUT2D eigenvalue weighted by Gasteiger charge is 2.47. The number of carbonyl (C=O) groups is 1. The van der Waals surface area contributed by atoms with Gasteiger partial charge in [0.1, 0.15) is 12.4 Å². The molecular formula is C36H38O5. The molecule has 0 radical (unpaired) electrons. The first-order chi connectivity index (χ1) is 20.3. The number of hydrogen-bond donors (Lipinski definition) is 0. The van der Waals surface area contributed by atoms with Gasteiger partial charge in [0, 0.05) is 11.8 Å². The van der Waals surface area contributed by atoms with Gasteiger partial charge in [-0.15, -0.1) is 0 Å². The fourth-order valence-corrected chi connectivity index (χ4v) is 5.45. The van der Waals surface area contributed by atoms with Crippen LogP contribution in [-0.2, 0) is 50.2 Å². The first-order valence-corrected chi connectivity index (χ1v) is 14.3. The third kappa shape index (κ3) is 8.44. The molecule has 1 aliphatic rings. The summed E-state index contributed by atoms with van der Waals surface area (Å²) in [5.74, 6) is -0.392. The predicted octanol–water partition coefficient (Wildman–Crippen LogP) is 6.79. The summed E-state index contributed by atoms with van der Waals surface area (Å²) >= 11 is 0. The molecule has 41 heavy (non-hydrogen) atoms. The lowest BCUT2D eigenvalue weighted by Crippen LogP contribution is -2.55. The van der Waals surface area contributed by atoms with Crippen LogP contribution in [0.4, 0.5) is 0 Å². The van der Waals surface area contributed by atoms with Gasteiger partial charge in [-0.05, 0) is 28.7 Å². The summed E-state index contributed by atoms with van der Waals surface area (Å²) in [6.07, 6.45) is 0.375. The van der Waals surface area contributed by atoms with E-state index in [0.29, 0.717) is 39.5 Å². The van der Waals surface area contributed by atoms with E-state index in [0.717, 1.165) is 28.5 Å². The normalized spacial score (nSPS) is 22.3. The molecule has 1 aliphatic carbocycles. The molecule has 4 aromatic rings. The van der Waals surface area contributed by atoms with Gasteiger partial charge in [-0.1, -0.05) is 121 Å². The van der Waals surface area contributed by atoms with E-state index >= 15 is 0 Å². The average molecular weight is 551 g/mol. The number of rotatable bonds is 14. The Labute approximate surface area is 243 Å². The third-order valence-electron chi connectivity index (χ3n) is 7.58. The summed E-state index contributed by atoms with van der Waals surface area (Å²) in [5, 5.41) is 0. The smallest absolute Gasteiger partial charge is 0.125 e. The van der Waals surface area contributed by atoms with Crippen LogP contribution in [-0.4, -0.2) is 31.2 Å². The van der Waals surface area contributed by atoms with Gasteiger partial charge in [0.15, 0.2) is 0 Å². The van der Waals surface area contributed by atoms with E-state index < -0.39 is 12.2 Å². The molecule has 0 saturated heterocycles. The second-order valence-corrected chi connectivity index (χ2v) is 10.6. The molecule has 5 heteroatoms. The number of benzene rings is 4. The zero-order chi connectivity index (χ0) is 28.1. The molecule has 0 spiro atoms. The van der Waals surface area contributed by atoms with Crippen molar-refractivity contribution < 1.29 is 23.7 Å². The van der Waals surface area contributed by atoms with E-state index in [4.69, 9.17) is 18.9 Å². The molecule has 4 aromatic carbocycles. The largest absolute Gasteiger partial charge is 0.376 e. The van der Waals surface area contributed by atoms with Gasteiger partial charge >= 0.3 is 0 Å². The molecule has 0 amide bonds. The van der Waals surface area contributed by atoms with Crippen LogP contribution in [0.1, 0.15) is 28.7 Å². The summed E-state index contributed by atoms with van der Waals surface area (Å²) in [6, 6.07) is 40.4. The summed E-state index contributed by atoms with van der Waals surface area (Å²) in [7, 11) is 0. The van der Waals surface area contributed by atoms with Crippen molar-refractivity contribution in [2.45, 2.75) is 51.2 Å². The van der Waals surface area contributed by atoms with Gasteiger partial charge in [-0.2, -0.15) is 0 Å². The summed E-state index contributed by atoms with van der Waals surface area (Å²) in [4.78, 5) is 12.5. The van der Waals surface area contributed by atoms with Gasteiger partial charge in [-0.3, -0.25) is 0 Å². The van der Waals surface area contributed by atoms with Crippen LogP contribution >= 0.6 is 0 Å². The van der Waals surface area contributed by atoms with Crippen LogP contribution in [0.3, 0.4) is 0 Å². The highest BCUT2D eigenvalue weighted by molar-refractivity contribution is 5.55. The maximum atomic E-state index is 12.5. The van der Waals surface area contributed by atoms with Crippen molar-refractivity contribution in [2.24, 2.45) is 11.8 Å². The van der Waals surface area contributed by atoms with Crippen molar-refractivity contribution in [3.8, 4) is 0 Å². The van der Waals surface area contributed by atoms with Crippen LogP contribution in [0.15, 0.2) is 121 Å². The molecule has 0 aliphatic heterocycles. The Bertz CT molecular complexity index is 1280. The number of carbonyl (C=O) groups excluding carboxylic acids is 1. The summed E-state index contributed by atoms with van der Waals surface area (Å²) in [6.45, 7) is 2.17. The number of aldehydes is 1. The summed E-state index contributed by atoms with van der Waals surface area (Å²) < 4.78 is 26.0. The maximum Gasteiger partial charge on any atom is 0.125 e. The van der Waals surface area contributed by atoms with E-state index in [-0.39, 0.29) is 17.9 Å². The first-order valence-electron chi connectivity index (χ1n) is 14.3. The highest BCUT2D eigenvalue weighted by atomic mass is 16.6. The first kappa shape index (κ1) is 28.9. The third-order valence-corrected chi connectivity index (χ3v) is 7.58. The molecular weight excluding hydrogens is 512 g/mol. The fraction of sp³-hybridized carbons (Fsp3) is 0.306. The Morgan fingerprint density at radius 3 is 1.34 bits per heavy atom. The maximum absolute atomic E-state index is 12.5. The number of hydrogen-bond acceptors (Lipinski definition) is 5. The van der Waals surface area contributed by atoms with Crippen molar-refractivity contribution >= 4 is 6.29 Å². The lowest BCUT2D eigenvalue weighted by Gasteiger charge is -2.45. The van der Waals surface area contributed by atoms with E-state index in [1.54, 1.807) is 0 Å². The molecule has 5 rings (SSSR count). The van der Waals surface area contributed by atoms with E-state index in [9.17, 15) is 4.79 Å². The Hall–Kier alpha value is -3.61. The minimum Gasteiger partial charge on any atom is -0.376 e. The fourth-order valence-electron chi connectivity index (χ4n) is 5.45. The van der Waals surface area contributed by atoms with Gasteiger partial charge in [-0.25, -0.2) is 0 Å². The Kier molecular flexibility index (Phi) is 10.9. The zero-order valence-electron chi connectivity index (χ0n) is 23.3. The second kappa shape index (κ2) is 15.4. The van der Waals surface area contributed by atoms with Crippen LogP contribution in [0.25, 0.3) is 0 Å². The van der Waals surface area contributed by atoms with Crippen LogP contribution in [0.5, 0.6) is 0 Å². The van der Waals surface area contributed by atoms with Crippen molar-refractivity contribution in [1.29, 1.82) is 0 Å². The number of ether oxygens (including phenoxy) is 4. The quantitative estimate of drug-likeness (QED) is 0.162. The molecule has 5 atom stereocenters. The summed E-state index contributed by atoms with van der Waals surface area (Å²) in [5.41, 5.74) is 4.30. The highest BCUT2D eigenvalue weighted by Crippen LogP contribution is 2.36. The molecule has 0 unspecified atom stereocenters. The molecule has 1 fully saturated rings. The molecule has 5 nitrogen and oxygen atoms in total. The predicted molar refractivity (Wildman–Crippen MR) is 159 cm³/mol. The van der Waals surface area contributed by atoms with Gasteiger partial charge in [0.25, 0.3) is 0 Å². The Balaban J connectivity index is 1.39. The topological polar surface area (TPSA) is 54.0 Å². The molecule has 0 N–H and O–H groups in total. The molecule has 1 saturated carbocycles. The SMILES string of the molecule is O=C[C@@H]1C[C@H](COCc2ccccc2)[C@@H](OCc2ccccc2)[C@H](OCc2ccccc2)[C@H]1OCc1ccccc1. The monoisotopic (exact) mass is 550 g/mol. The zero-order valence-corrected chi connectivity index (χ0v) is 23.3. The van der Waals surface area contributed by atoms with Crippen molar-refractivity contribution in [3.05, 3.63) is 144 Å². The lowest BCUT2D eigenvalue weighted by atomic mass is 9.76. The van der Waals surface area contributed by atoms with Crippen LogP contribution < -0.4 is 0 Å². The van der Waals surface area contributed by atoms with Gasteiger partial charge in [0.05, 0.1) is 45.2 Å². The van der Waals surface area contributed by atoms with E-state index in [1.807, 2.05) is 97.1 Å². The molecule has 212 valence electrons. The Morgan fingerprint density at radius 2 is 0.902 bits per heavy atom. The Morgan fingerprint density at radius 1 is 0.512 bits per heavy atom. The van der Waals surface area contributed by atoms with Crippen molar-refractivity contribution in [2.75, 3.05) is 6.61 Å². The molecule has 0 bridgehead atoms. The second-order valence-electron chi connectivity index (χ2n) is 10.6. The van der Waals surface area contributed by atoms with Crippen molar-refractivity contribution in [1.82, 2.24) is 0 Å². The van der Waals surface area contributed by atoms with Crippen LogP contribution in [0.2, 0.25) is 0 Å². The van der Waals surface area contributed by atoms with E-state index in [1.165, 1.54) is 0 Å². The minimum atomic E-state index is -0.461. The van der Waals surface area contributed by atoms with Crippen molar-refractivity contribution in [3.63, 3.8) is 0 Å². The van der Waals surface area contributed by atoms with Gasteiger partial charge in [0.2, 0.25) is 0 Å². The molecule has 0 heterocycles. The minimum absolute atomic E-state index is 0.0463.